The molecule has 1 aliphatic carbocycles. The Hall–Kier alpha value is 0.250. The lowest BCUT2D eigenvalue weighted by atomic mass is 9.74. The first-order valence-corrected chi connectivity index (χ1v) is 5.59. The number of alkyl halides is 1. The van der Waals surface area contributed by atoms with Crippen LogP contribution in [0.25, 0.3) is 0 Å². The van der Waals surface area contributed by atoms with E-state index in [0.717, 1.165) is 5.92 Å². The second-order valence-corrected chi connectivity index (χ2v) is 5.39. The summed E-state index contributed by atoms with van der Waals surface area (Å²) in [6.45, 7) is 2.59. The maximum absolute atomic E-state index is 6.63. The van der Waals surface area contributed by atoms with Gasteiger partial charge in [-0.2, -0.15) is 0 Å². The lowest BCUT2D eigenvalue weighted by Gasteiger charge is -2.43. The fourth-order valence-corrected chi connectivity index (χ4v) is 3.24. The number of halogens is 1. The zero-order valence-corrected chi connectivity index (χ0v) is 8.66. The van der Waals surface area contributed by atoms with Crippen molar-refractivity contribution in [1.29, 1.82) is 0 Å². The molecule has 0 spiro atoms. The van der Waals surface area contributed by atoms with Gasteiger partial charge in [0.2, 0.25) is 0 Å². The number of likely N-dealkylation sites (tertiary alicyclic amines) is 1. The van der Waals surface area contributed by atoms with E-state index in [0.29, 0.717) is 0 Å². The smallest absolute Gasteiger partial charge is 0.0814 e. The Kier molecular flexibility index (Phi) is 2.35. The molecule has 0 bridgehead atoms. The highest BCUT2D eigenvalue weighted by Gasteiger charge is 2.43. The van der Waals surface area contributed by atoms with Gasteiger partial charge in [0.25, 0.3) is 0 Å². The zero-order chi connectivity index (χ0) is 8.60. The van der Waals surface area contributed by atoms with Crippen LogP contribution in [0.15, 0.2) is 0 Å². The average Bonchev–Trinajstić information content (AvgIpc) is 2.06. The topological polar surface area (TPSA) is 4.44 Å². The molecule has 0 aromatic heterocycles. The van der Waals surface area contributed by atoms with Crippen LogP contribution >= 0.6 is 11.6 Å². The van der Waals surface area contributed by atoms with Crippen molar-refractivity contribution in [3.63, 3.8) is 0 Å². The number of quaternary nitrogens is 1. The predicted molar refractivity (Wildman–Crippen MR) is 51.8 cm³/mol. The molecule has 1 nitrogen and oxygen atoms in total. The van der Waals surface area contributed by atoms with Crippen LogP contribution in [0.2, 0.25) is 0 Å². The predicted octanol–water partition coefficient (Wildman–Crippen LogP) is 1.07. The van der Waals surface area contributed by atoms with E-state index < -0.39 is 0 Å². The molecule has 1 aliphatic heterocycles. The molecule has 1 saturated heterocycles. The first-order valence-electron chi connectivity index (χ1n) is 5.21. The fraction of sp³-hybridized carbons (Fsp3) is 1.00. The van der Waals surface area contributed by atoms with Crippen LogP contribution in [-0.4, -0.2) is 25.0 Å². The highest BCUT2D eigenvalue weighted by atomic mass is 35.5. The van der Waals surface area contributed by atoms with Crippen molar-refractivity contribution < 1.29 is 4.90 Å². The van der Waals surface area contributed by atoms with E-state index in [4.69, 9.17) is 11.6 Å². The molecule has 1 N–H and O–H groups in total. The molecule has 0 amide bonds. The molecule has 2 aliphatic rings. The molecule has 0 radical (unpaired) electrons. The second kappa shape index (κ2) is 3.19. The average molecular weight is 189 g/mol. The molecule has 2 fully saturated rings. The molecule has 0 aromatic rings. The molecule has 2 heteroatoms. The molecule has 3 atom stereocenters. The number of piperidine rings is 1. The second-order valence-electron chi connectivity index (χ2n) is 4.64. The maximum atomic E-state index is 6.63. The Morgan fingerprint density at radius 2 is 2.17 bits per heavy atom. The summed E-state index contributed by atoms with van der Waals surface area (Å²) in [7, 11) is 2.30. The number of nitrogens with one attached hydrogen (secondary N) is 1. The van der Waals surface area contributed by atoms with Gasteiger partial charge in [0.05, 0.1) is 25.0 Å². The molecule has 70 valence electrons. The van der Waals surface area contributed by atoms with Crippen molar-refractivity contribution in [1.82, 2.24) is 0 Å². The normalized spacial score (nSPS) is 48.5. The van der Waals surface area contributed by atoms with E-state index >= 15 is 0 Å². The minimum absolute atomic E-state index is 0.206. The first kappa shape index (κ1) is 8.83. The van der Waals surface area contributed by atoms with Gasteiger partial charge in [-0.15, -0.1) is 11.6 Å². The molecule has 0 aromatic carbocycles. The molecular weight excluding hydrogens is 170 g/mol. The summed E-state index contributed by atoms with van der Waals surface area (Å²) in [6.07, 6.45) is 6.66. The third-order valence-electron chi connectivity index (χ3n) is 3.69. The molecule has 2 rings (SSSR count). The standard InChI is InChI=1S/C10H18ClN/c1-12-7-6-10(11)5-3-2-4-9(10)8-12/h9H,2-8H2,1H3/p+1/t9-,10-/m1/s1. The minimum Gasteiger partial charge on any atom is -0.337 e. The third kappa shape index (κ3) is 1.49. The summed E-state index contributed by atoms with van der Waals surface area (Å²) >= 11 is 6.63. The first-order chi connectivity index (χ1) is 5.71. The monoisotopic (exact) mass is 188 g/mol. The summed E-state index contributed by atoms with van der Waals surface area (Å²) in [5.74, 6) is 0.807. The summed E-state index contributed by atoms with van der Waals surface area (Å²) in [6, 6.07) is 0. The molecule has 1 saturated carbocycles. The van der Waals surface area contributed by atoms with Gasteiger partial charge in [-0.05, 0) is 12.8 Å². The minimum atomic E-state index is 0.206. The van der Waals surface area contributed by atoms with Crippen molar-refractivity contribution in [3.05, 3.63) is 0 Å². The van der Waals surface area contributed by atoms with Crippen LogP contribution in [0.5, 0.6) is 0 Å². The Bertz CT molecular complexity index is 171. The fourth-order valence-electron chi connectivity index (χ4n) is 2.83. The Balaban J connectivity index is 2.06. The van der Waals surface area contributed by atoms with Gasteiger partial charge in [-0.3, -0.25) is 0 Å². The van der Waals surface area contributed by atoms with Crippen molar-refractivity contribution in [3.8, 4) is 0 Å². The Labute approximate surface area is 80.1 Å². The summed E-state index contributed by atoms with van der Waals surface area (Å²) < 4.78 is 0. The van der Waals surface area contributed by atoms with Gasteiger partial charge in [-0.25, -0.2) is 0 Å². The Morgan fingerprint density at radius 3 is 3.00 bits per heavy atom. The molecule has 12 heavy (non-hydrogen) atoms. The molecular formula is C10H19ClN+. The van der Waals surface area contributed by atoms with Crippen LogP contribution in [0.3, 0.4) is 0 Å². The van der Waals surface area contributed by atoms with Crippen LogP contribution in [0.4, 0.5) is 0 Å². The van der Waals surface area contributed by atoms with Crippen molar-refractivity contribution >= 4 is 11.6 Å². The summed E-state index contributed by atoms with van der Waals surface area (Å²) in [5.41, 5.74) is 0. The number of fused-ring (bicyclic) bond motifs is 1. The SMILES string of the molecule is C[NH+]1CC[C@]2(Cl)CCCC[C@@H]2C1. The van der Waals surface area contributed by atoms with Gasteiger partial charge in [0, 0.05) is 12.3 Å². The molecule has 1 heterocycles. The van der Waals surface area contributed by atoms with E-state index in [1.54, 1.807) is 4.90 Å². The number of rotatable bonds is 0. The van der Waals surface area contributed by atoms with Crippen molar-refractivity contribution in [2.45, 2.75) is 37.0 Å². The summed E-state index contributed by atoms with van der Waals surface area (Å²) in [4.78, 5) is 1.88. The third-order valence-corrected chi connectivity index (χ3v) is 4.38. The quantitative estimate of drug-likeness (QED) is 0.543. The van der Waals surface area contributed by atoms with Gasteiger partial charge in [0.1, 0.15) is 0 Å². The van der Waals surface area contributed by atoms with E-state index in [2.05, 4.69) is 7.05 Å². The lowest BCUT2D eigenvalue weighted by molar-refractivity contribution is -0.889. The van der Waals surface area contributed by atoms with Gasteiger partial charge < -0.3 is 4.90 Å². The lowest BCUT2D eigenvalue weighted by Crippen LogP contribution is -3.11. The molecule has 1 unspecified atom stereocenters. The van der Waals surface area contributed by atoms with Crippen molar-refractivity contribution in [2.24, 2.45) is 5.92 Å². The van der Waals surface area contributed by atoms with Crippen LogP contribution in [-0.2, 0) is 0 Å². The largest absolute Gasteiger partial charge is 0.337 e. The Morgan fingerprint density at radius 1 is 1.33 bits per heavy atom. The van der Waals surface area contributed by atoms with Gasteiger partial charge >= 0.3 is 0 Å². The van der Waals surface area contributed by atoms with Crippen molar-refractivity contribution in [2.75, 3.05) is 20.1 Å². The van der Waals surface area contributed by atoms with Gasteiger partial charge in [-0.1, -0.05) is 12.8 Å². The van der Waals surface area contributed by atoms with E-state index in [-0.39, 0.29) is 4.87 Å². The highest BCUT2D eigenvalue weighted by Crippen LogP contribution is 2.41. The van der Waals surface area contributed by atoms with E-state index in [1.807, 2.05) is 0 Å². The maximum Gasteiger partial charge on any atom is 0.0814 e. The van der Waals surface area contributed by atoms with Crippen LogP contribution < -0.4 is 4.90 Å². The van der Waals surface area contributed by atoms with Crippen LogP contribution in [0, 0.1) is 5.92 Å². The van der Waals surface area contributed by atoms with Gasteiger partial charge in [0.15, 0.2) is 0 Å². The number of hydrogen-bond acceptors (Lipinski definition) is 0. The summed E-state index contributed by atoms with van der Waals surface area (Å²) in [5, 5.41) is 0. The zero-order valence-electron chi connectivity index (χ0n) is 7.91. The highest BCUT2D eigenvalue weighted by molar-refractivity contribution is 6.24. The van der Waals surface area contributed by atoms with E-state index in [9.17, 15) is 0 Å². The number of hydrogen-bond donors (Lipinski definition) is 1. The van der Waals surface area contributed by atoms with E-state index in [1.165, 1.54) is 45.2 Å². The van der Waals surface area contributed by atoms with Crippen LogP contribution in [0.1, 0.15) is 32.1 Å².